The molecule has 0 spiro atoms. The van der Waals surface area contributed by atoms with E-state index >= 15 is 0 Å². The summed E-state index contributed by atoms with van der Waals surface area (Å²) in [5.41, 5.74) is 3.62. The molecule has 4 aromatic rings. The molecule has 2 aromatic carbocycles. The number of aromatic nitrogens is 4. The smallest absolute Gasteiger partial charge is 0.340 e. The Balaban J connectivity index is 1.80. The summed E-state index contributed by atoms with van der Waals surface area (Å²) >= 11 is 0. The number of ether oxygens (including phenoxy) is 1. The number of hydrogen-bond donors (Lipinski definition) is 0. The van der Waals surface area contributed by atoms with Crippen molar-refractivity contribution in [3.8, 4) is 5.75 Å². The third-order valence-corrected chi connectivity index (χ3v) is 4.43. The van der Waals surface area contributed by atoms with E-state index in [4.69, 9.17) is 9.15 Å². The van der Waals surface area contributed by atoms with Gasteiger partial charge in [0.15, 0.2) is 0 Å². The molecular weight excluding hydrogens is 344 g/mol. The van der Waals surface area contributed by atoms with E-state index in [2.05, 4.69) is 20.6 Å². The lowest BCUT2D eigenvalue weighted by Crippen LogP contribution is -2.11. The molecule has 0 radical (unpaired) electrons. The van der Waals surface area contributed by atoms with Crippen molar-refractivity contribution in [2.45, 2.75) is 26.9 Å². The Morgan fingerprint density at radius 1 is 1.15 bits per heavy atom. The van der Waals surface area contributed by atoms with Crippen molar-refractivity contribution >= 4 is 11.0 Å². The lowest BCUT2D eigenvalue weighted by Gasteiger charge is -2.14. The summed E-state index contributed by atoms with van der Waals surface area (Å²) in [6.07, 6.45) is 0.498. The van der Waals surface area contributed by atoms with E-state index in [1.165, 1.54) is 0 Å². The maximum absolute atomic E-state index is 12.6. The number of fused-ring (bicyclic) bond motifs is 1. The molecule has 4 rings (SSSR count). The normalized spacial score (nSPS) is 11.0. The molecule has 7 heteroatoms. The van der Waals surface area contributed by atoms with Crippen LogP contribution in [0, 0.1) is 13.8 Å². The van der Waals surface area contributed by atoms with Crippen molar-refractivity contribution in [1.82, 2.24) is 20.6 Å². The van der Waals surface area contributed by atoms with Crippen LogP contribution >= 0.6 is 0 Å². The van der Waals surface area contributed by atoms with Crippen LogP contribution in [-0.4, -0.2) is 15.5 Å². The molecule has 136 valence electrons. The Hall–Kier alpha value is -3.48. The summed E-state index contributed by atoms with van der Waals surface area (Å²) in [6, 6.07) is 13.6. The minimum atomic E-state index is -0.326. The molecule has 0 N–H and O–H groups in total. The minimum absolute atomic E-state index is 0.137. The Morgan fingerprint density at radius 3 is 2.70 bits per heavy atom. The Labute approximate surface area is 155 Å². The van der Waals surface area contributed by atoms with Crippen LogP contribution in [0.5, 0.6) is 5.75 Å². The summed E-state index contributed by atoms with van der Waals surface area (Å²) in [5, 5.41) is 15.2. The maximum atomic E-state index is 12.6. The number of aryl methyl sites for hydroxylation is 2. The van der Waals surface area contributed by atoms with Crippen LogP contribution in [0.3, 0.4) is 0 Å². The Kier molecular flexibility index (Phi) is 4.42. The van der Waals surface area contributed by atoms with Gasteiger partial charge in [0.25, 0.3) is 0 Å². The molecule has 0 amide bonds. The van der Waals surface area contributed by atoms with E-state index in [1.54, 1.807) is 0 Å². The monoisotopic (exact) mass is 361 g/mol. The highest BCUT2D eigenvalue weighted by Gasteiger charge is 2.16. The number of hydrogen-bond acceptors (Lipinski definition) is 6. The molecule has 2 heterocycles. The average molecular weight is 361 g/mol. The average Bonchev–Trinajstić information content (AvgIpc) is 3.17. The zero-order chi connectivity index (χ0) is 18.8. The molecule has 2 aromatic heterocycles. The van der Waals surface area contributed by atoms with Crippen molar-refractivity contribution in [2.24, 2.45) is 0 Å². The highest BCUT2D eigenvalue weighted by molar-refractivity contribution is 5.88. The summed E-state index contributed by atoms with van der Waals surface area (Å²) < 4.78 is 11.5. The van der Waals surface area contributed by atoms with Gasteiger partial charge in [-0.3, -0.25) is 10.3 Å². The van der Waals surface area contributed by atoms with Gasteiger partial charge in [-0.05, 0) is 42.7 Å². The molecule has 0 fully saturated rings. The summed E-state index contributed by atoms with van der Waals surface area (Å²) in [6.45, 7) is 3.97. The van der Waals surface area contributed by atoms with Crippen LogP contribution in [0.4, 0.5) is 0 Å². The number of rotatable bonds is 5. The van der Waals surface area contributed by atoms with E-state index in [1.807, 2.05) is 56.3 Å². The standard InChI is InChI=1S/C20H17N4O3/c1-12-8-16(26-11-18-21-23-24-22-18)19-13(2)15(20(25)27-17(19)9-12)10-14-6-4-3-5-7-14/h3-9H,10-11H2,1-2H3/q-1. The quantitative estimate of drug-likeness (QED) is 0.505. The van der Waals surface area contributed by atoms with Crippen LogP contribution in [0.1, 0.15) is 28.1 Å². The first-order chi connectivity index (χ1) is 13.1. The van der Waals surface area contributed by atoms with E-state index in [0.717, 1.165) is 22.1 Å². The molecule has 7 nitrogen and oxygen atoms in total. The van der Waals surface area contributed by atoms with E-state index in [0.29, 0.717) is 29.1 Å². The molecule has 0 atom stereocenters. The zero-order valence-corrected chi connectivity index (χ0v) is 15.0. The second-order valence-corrected chi connectivity index (χ2v) is 6.38. The first kappa shape index (κ1) is 17.0. The molecule has 0 saturated heterocycles. The summed E-state index contributed by atoms with van der Waals surface area (Å²) in [4.78, 5) is 12.6. The number of nitrogens with zero attached hydrogens (tertiary/aromatic N) is 4. The van der Waals surface area contributed by atoms with Crippen molar-refractivity contribution in [1.29, 1.82) is 0 Å². The van der Waals surface area contributed by atoms with Crippen molar-refractivity contribution in [3.63, 3.8) is 0 Å². The fraction of sp³-hybridized carbons (Fsp3) is 0.200. The first-order valence-electron chi connectivity index (χ1n) is 8.53. The van der Waals surface area contributed by atoms with Crippen molar-refractivity contribution in [2.75, 3.05) is 0 Å². The zero-order valence-electron chi connectivity index (χ0n) is 15.0. The van der Waals surface area contributed by atoms with Gasteiger partial charge in [-0.25, -0.2) is 4.79 Å². The van der Waals surface area contributed by atoms with Crippen LogP contribution in [0.15, 0.2) is 51.7 Å². The number of benzene rings is 2. The second kappa shape index (κ2) is 7.03. The fourth-order valence-corrected chi connectivity index (χ4v) is 3.12. The third-order valence-electron chi connectivity index (χ3n) is 4.43. The van der Waals surface area contributed by atoms with Gasteiger partial charge in [-0.1, -0.05) is 30.3 Å². The highest BCUT2D eigenvalue weighted by atomic mass is 16.5. The van der Waals surface area contributed by atoms with Crippen LogP contribution in [0.25, 0.3) is 11.0 Å². The largest absolute Gasteiger partial charge is 0.488 e. The minimum Gasteiger partial charge on any atom is -0.488 e. The maximum Gasteiger partial charge on any atom is 0.340 e. The van der Waals surface area contributed by atoms with Gasteiger partial charge in [0.2, 0.25) is 0 Å². The van der Waals surface area contributed by atoms with E-state index < -0.39 is 0 Å². The van der Waals surface area contributed by atoms with Crippen LogP contribution < -0.4 is 15.5 Å². The van der Waals surface area contributed by atoms with Gasteiger partial charge in [0.05, 0.1) is 5.39 Å². The first-order valence-corrected chi connectivity index (χ1v) is 8.53. The van der Waals surface area contributed by atoms with Gasteiger partial charge >= 0.3 is 5.63 Å². The predicted octanol–water partition coefficient (Wildman–Crippen LogP) is 2.72. The topological polar surface area (TPSA) is 92.2 Å². The second-order valence-electron chi connectivity index (χ2n) is 6.38. The van der Waals surface area contributed by atoms with Gasteiger partial charge < -0.3 is 14.3 Å². The molecule has 0 aliphatic heterocycles. The SMILES string of the molecule is Cc1cc(OCc2nnn[n-]2)c2c(C)c(Cc3ccccc3)c(=O)oc2c1. The molecular formula is C20H17N4O3-. The van der Waals surface area contributed by atoms with Crippen LogP contribution in [0.2, 0.25) is 0 Å². The predicted molar refractivity (Wildman–Crippen MR) is 98.7 cm³/mol. The van der Waals surface area contributed by atoms with E-state index in [-0.39, 0.29) is 12.2 Å². The lowest BCUT2D eigenvalue weighted by molar-refractivity contribution is 0.298. The van der Waals surface area contributed by atoms with Crippen LogP contribution in [-0.2, 0) is 13.0 Å². The van der Waals surface area contributed by atoms with E-state index in [9.17, 15) is 4.79 Å². The fourth-order valence-electron chi connectivity index (χ4n) is 3.12. The molecule has 0 unspecified atom stereocenters. The molecule has 27 heavy (non-hydrogen) atoms. The summed E-state index contributed by atoms with van der Waals surface area (Å²) in [5.74, 6) is 1.01. The molecule has 0 saturated carbocycles. The highest BCUT2D eigenvalue weighted by Crippen LogP contribution is 2.32. The molecule has 0 aliphatic carbocycles. The summed E-state index contributed by atoms with van der Waals surface area (Å²) in [7, 11) is 0. The third kappa shape index (κ3) is 3.44. The molecule has 0 aliphatic rings. The van der Waals surface area contributed by atoms with Crippen molar-refractivity contribution < 1.29 is 9.15 Å². The Bertz CT molecular complexity index is 1140. The Morgan fingerprint density at radius 2 is 1.96 bits per heavy atom. The van der Waals surface area contributed by atoms with Gasteiger partial charge in [0.1, 0.15) is 17.9 Å². The number of tetrazole rings is 1. The molecule has 0 bridgehead atoms. The lowest BCUT2D eigenvalue weighted by atomic mass is 9.98. The van der Waals surface area contributed by atoms with Gasteiger partial charge in [0, 0.05) is 17.8 Å². The van der Waals surface area contributed by atoms with Gasteiger partial charge in [-0.2, -0.15) is 5.21 Å². The van der Waals surface area contributed by atoms with Crippen molar-refractivity contribution in [3.05, 3.63) is 81.0 Å². The van der Waals surface area contributed by atoms with Gasteiger partial charge in [-0.15, -0.1) is 0 Å².